The SMILES string of the molecule is COc1cc(C(N)CCC(C)=O)c(OC)c(C)c1C. The van der Waals surface area contributed by atoms with Gasteiger partial charge in [-0.2, -0.15) is 0 Å². The van der Waals surface area contributed by atoms with Gasteiger partial charge in [-0.3, -0.25) is 0 Å². The molecule has 0 spiro atoms. The summed E-state index contributed by atoms with van der Waals surface area (Å²) in [6.07, 6.45) is 1.08. The molecule has 0 amide bonds. The Morgan fingerprint density at radius 2 is 1.89 bits per heavy atom. The molecule has 1 atom stereocenters. The predicted octanol–water partition coefficient (Wildman–Crippen LogP) is 2.69. The molecule has 0 saturated carbocycles. The van der Waals surface area contributed by atoms with Gasteiger partial charge in [0, 0.05) is 18.0 Å². The molecule has 1 aromatic rings. The fraction of sp³-hybridized carbons (Fsp3) is 0.533. The summed E-state index contributed by atoms with van der Waals surface area (Å²) < 4.78 is 10.8. The van der Waals surface area contributed by atoms with Crippen LogP contribution in [0.3, 0.4) is 0 Å². The lowest BCUT2D eigenvalue weighted by Crippen LogP contribution is -2.14. The zero-order valence-electron chi connectivity index (χ0n) is 12.4. The molecule has 0 aliphatic heterocycles. The van der Waals surface area contributed by atoms with Crippen LogP contribution in [0.25, 0.3) is 0 Å². The van der Waals surface area contributed by atoms with E-state index < -0.39 is 0 Å². The maximum atomic E-state index is 11.1. The Bertz CT molecular complexity index is 469. The normalized spacial score (nSPS) is 12.1. The number of Topliss-reactive ketones (excluding diaryl/α,β-unsaturated/α-hetero) is 1. The molecule has 2 N–H and O–H groups in total. The third-order valence-corrected chi connectivity index (χ3v) is 3.45. The quantitative estimate of drug-likeness (QED) is 0.859. The fourth-order valence-corrected chi connectivity index (χ4v) is 2.16. The van der Waals surface area contributed by atoms with E-state index in [2.05, 4.69) is 0 Å². The van der Waals surface area contributed by atoms with Crippen LogP contribution in [0, 0.1) is 13.8 Å². The number of hydrogen-bond donors (Lipinski definition) is 1. The number of benzene rings is 1. The summed E-state index contributed by atoms with van der Waals surface area (Å²) in [6, 6.07) is 1.68. The summed E-state index contributed by atoms with van der Waals surface area (Å²) in [6.45, 7) is 5.55. The van der Waals surface area contributed by atoms with E-state index in [-0.39, 0.29) is 11.8 Å². The number of nitrogens with two attached hydrogens (primary N) is 1. The lowest BCUT2D eigenvalue weighted by molar-refractivity contribution is -0.117. The van der Waals surface area contributed by atoms with E-state index in [9.17, 15) is 4.79 Å². The number of ether oxygens (including phenoxy) is 2. The van der Waals surface area contributed by atoms with Gasteiger partial charge in [-0.05, 0) is 44.4 Å². The molecule has 106 valence electrons. The maximum absolute atomic E-state index is 11.1. The van der Waals surface area contributed by atoms with Gasteiger partial charge in [0.05, 0.1) is 14.2 Å². The second-order valence-corrected chi connectivity index (χ2v) is 4.80. The molecule has 1 unspecified atom stereocenters. The van der Waals surface area contributed by atoms with Gasteiger partial charge in [-0.15, -0.1) is 0 Å². The van der Waals surface area contributed by atoms with E-state index in [0.717, 1.165) is 28.2 Å². The van der Waals surface area contributed by atoms with Crippen molar-refractivity contribution in [2.24, 2.45) is 5.73 Å². The minimum Gasteiger partial charge on any atom is -0.496 e. The summed E-state index contributed by atoms with van der Waals surface area (Å²) in [7, 11) is 3.27. The Morgan fingerprint density at radius 1 is 1.26 bits per heavy atom. The lowest BCUT2D eigenvalue weighted by atomic mass is 9.95. The average Bonchev–Trinajstić information content (AvgIpc) is 2.38. The van der Waals surface area contributed by atoms with Crippen LogP contribution in [0.4, 0.5) is 0 Å². The number of rotatable bonds is 6. The third kappa shape index (κ3) is 3.47. The van der Waals surface area contributed by atoms with Crippen molar-refractivity contribution < 1.29 is 14.3 Å². The van der Waals surface area contributed by atoms with Gasteiger partial charge in [-0.1, -0.05) is 0 Å². The first-order valence-corrected chi connectivity index (χ1v) is 6.39. The molecule has 0 radical (unpaired) electrons. The van der Waals surface area contributed by atoms with Crippen molar-refractivity contribution in [2.75, 3.05) is 14.2 Å². The topological polar surface area (TPSA) is 61.5 Å². The summed E-state index contributed by atoms with van der Waals surface area (Å²) >= 11 is 0. The van der Waals surface area contributed by atoms with Crippen LogP contribution < -0.4 is 15.2 Å². The van der Waals surface area contributed by atoms with Crippen LogP contribution in [0.2, 0.25) is 0 Å². The first kappa shape index (κ1) is 15.5. The first-order chi connectivity index (χ1) is 8.92. The van der Waals surface area contributed by atoms with E-state index in [1.54, 1.807) is 21.1 Å². The van der Waals surface area contributed by atoms with Crippen LogP contribution in [0.15, 0.2) is 6.07 Å². The van der Waals surface area contributed by atoms with Crippen molar-refractivity contribution in [1.29, 1.82) is 0 Å². The predicted molar refractivity (Wildman–Crippen MR) is 75.9 cm³/mol. The highest BCUT2D eigenvalue weighted by atomic mass is 16.5. The van der Waals surface area contributed by atoms with Crippen LogP contribution in [-0.2, 0) is 4.79 Å². The van der Waals surface area contributed by atoms with Gasteiger partial charge in [-0.25, -0.2) is 0 Å². The maximum Gasteiger partial charge on any atom is 0.129 e. The molecule has 0 aromatic heterocycles. The molecule has 1 rings (SSSR count). The summed E-state index contributed by atoms with van der Waals surface area (Å²) in [5.41, 5.74) is 9.13. The Balaban J connectivity index is 3.17. The zero-order chi connectivity index (χ0) is 14.6. The van der Waals surface area contributed by atoms with Crippen molar-refractivity contribution in [3.63, 3.8) is 0 Å². The summed E-state index contributed by atoms with van der Waals surface area (Å²) in [5, 5.41) is 0. The van der Waals surface area contributed by atoms with Crippen molar-refractivity contribution in [2.45, 2.75) is 39.7 Å². The standard InChI is InChI=1S/C15H23NO3/c1-9(17)6-7-13(16)12-8-14(18-4)10(2)11(3)15(12)19-5/h8,13H,6-7,16H2,1-5H3. The molecule has 1 aromatic carbocycles. The second-order valence-electron chi connectivity index (χ2n) is 4.80. The van der Waals surface area contributed by atoms with Crippen LogP contribution in [0.5, 0.6) is 11.5 Å². The number of carbonyl (C=O) groups is 1. The number of methoxy groups -OCH3 is 2. The van der Waals surface area contributed by atoms with Gasteiger partial charge in [0.2, 0.25) is 0 Å². The fourth-order valence-electron chi connectivity index (χ4n) is 2.16. The van der Waals surface area contributed by atoms with E-state index >= 15 is 0 Å². The molecule has 0 aliphatic carbocycles. The van der Waals surface area contributed by atoms with Crippen molar-refractivity contribution in [3.05, 3.63) is 22.8 Å². The van der Waals surface area contributed by atoms with E-state index in [4.69, 9.17) is 15.2 Å². The van der Waals surface area contributed by atoms with Crippen LogP contribution in [0.1, 0.15) is 42.5 Å². The molecular formula is C15H23NO3. The first-order valence-electron chi connectivity index (χ1n) is 6.39. The highest BCUT2D eigenvalue weighted by molar-refractivity contribution is 5.75. The van der Waals surface area contributed by atoms with E-state index in [1.165, 1.54) is 0 Å². The molecular weight excluding hydrogens is 242 g/mol. The Morgan fingerprint density at radius 3 is 2.37 bits per heavy atom. The minimum atomic E-state index is -0.230. The number of carbonyl (C=O) groups excluding carboxylic acids is 1. The molecule has 0 heterocycles. The smallest absolute Gasteiger partial charge is 0.129 e. The molecule has 19 heavy (non-hydrogen) atoms. The monoisotopic (exact) mass is 265 g/mol. The van der Waals surface area contributed by atoms with Gasteiger partial charge in [0.1, 0.15) is 17.3 Å². The van der Waals surface area contributed by atoms with E-state index in [0.29, 0.717) is 12.8 Å². The number of ketones is 1. The summed E-state index contributed by atoms with van der Waals surface area (Å²) in [4.78, 5) is 11.1. The molecule has 0 fully saturated rings. The Labute approximate surface area is 114 Å². The highest BCUT2D eigenvalue weighted by Crippen LogP contribution is 2.37. The molecule has 0 saturated heterocycles. The van der Waals surface area contributed by atoms with Gasteiger partial charge >= 0.3 is 0 Å². The van der Waals surface area contributed by atoms with Gasteiger partial charge < -0.3 is 20.0 Å². The van der Waals surface area contributed by atoms with Gasteiger partial charge in [0.25, 0.3) is 0 Å². The van der Waals surface area contributed by atoms with Crippen LogP contribution >= 0.6 is 0 Å². The van der Waals surface area contributed by atoms with Crippen molar-refractivity contribution in [3.8, 4) is 11.5 Å². The van der Waals surface area contributed by atoms with Gasteiger partial charge in [0.15, 0.2) is 0 Å². The second kappa shape index (κ2) is 6.57. The lowest BCUT2D eigenvalue weighted by Gasteiger charge is -2.20. The highest BCUT2D eigenvalue weighted by Gasteiger charge is 2.18. The van der Waals surface area contributed by atoms with Crippen molar-refractivity contribution in [1.82, 2.24) is 0 Å². The largest absolute Gasteiger partial charge is 0.496 e. The molecule has 0 aliphatic rings. The summed E-state index contributed by atoms with van der Waals surface area (Å²) in [5.74, 6) is 1.73. The Kier molecular flexibility index (Phi) is 5.36. The Hall–Kier alpha value is -1.55. The third-order valence-electron chi connectivity index (χ3n) is 3.45. The van der Waals surface area contributed by atoms with Crippen molar-refractivity contribution >= 4 is 5.78 Å². The minimum absolute atomic E-state index is 0.144. The zero-order valence-corrected chi connectivity index (χ0v) is 12.4. The molecule has 0 bridgehead atoms. The van der Waals surface area contributed by atoms with E-state index in [1.807, 2.05) is 19.9 Å². The van der Waals surface area contributed by atoms with Crippen LogP contribution in [-0.4, -0.2) is 20.0 Å². The molecule has 4 heteroatoms. The average molecular weight is 265 g/mol. The number of hydrogen-bond acceptors (Lipinski definition) is 4. The molecule has 4 nitrogen and oxygen atoms in total.